The Labute approximate surface area is 124 Å². The predicted octanol–water partition coefficient (Wildman–Crippen LogP) is -0.242. The number of hydrogen-bond donors (Lipinski definition) is 0. The van der Waals surface area contributed by atoms with Crippen LogP contribution in [0.2, 0.25) is 0 Å². The van der Waals surface area contributed by atoms with Crippen LogP contribution in [0.1, 0.15) is 18.1 Å². The molecule has 0 radical (unpaired) electrons. The van der Waals surface area contributed by atoms with Gasteiger partial charge in [-0.25, -0.2) is 9.78 Å². The van der Waals surface area contributed by atoms with E-state index in [1.54, 1.807) is 24.9 Å². The molecule has 0 N–H and O–H groups in total. The fraction of sp³-hybridized carbons (Fsp3) is 0.462. The van der Waals surface area contributed by atoms with Gasteiger partial charge in [-0.2, -0.15) is 4.98 Å². The topological polar surface area (TPSA) is 101 Å². The first kappa shape index (κ1) is 14.2. The molecule has 9 heteroatoms. The minimum atomic E-state index is -0.384. The van der Waals surface area contributed by atoms with Crippen LogP contribution in [0.15, 0.2) is 20.4 Å². The molecule has 0 aliphatic carbocycles. The van der Waals surface area contributed by atoms with Gasteiger partial charge in [0.2, 0.25) is 5.89 Å². The molecule has 9 nitrogen and oxygen atoms in total. The number of aryl methyl sites for hydroxylation is 4. The van der Waals surface area contributed by atoms with Gasteiger partial charge in [0.1, 0.15) is 0 Å². The lowest BCUT2D eigenvalue weighted by atomic mass is 10.3. The van der Waals surface area contributed by atoms with Gasteiger partial charge in [-0.3, -0.25) is 13.9 Å². The summed E-state index contributed by atoms with van der Waals surface area (Å²) >= 11 is 0. The standard InChI is InChI=1S/C13H16N6O3/c1-8-15-9(16-22-8)5-4-6-19-7-14-11-10(19)12(20)18(3)13(21)17(11)2/h7H,4-6H2,1-3H3. The first-order chi connectivity index (χ1) is 10.5. The van der Waals surface area contributed by atoms with Gasteiger partial charge >= 0.3 is 5.69 Å². The molecule has 0 aliphatic heterocycles. The number of imidazole rings is 1. The van der Waals surface area contributed by atoms with Crippen LogP contribution in [0.3, 0.4) is 0 Å². The van der Waals surface area contributed by atoms with E-state index in [4.69, 9.17) is 4.52 Å². The van der Waals surface area contributed by atoms with Crippen LogP contribution in [-0.2, 0) is 27.1 Å². The number of aromatic nitrogens is 6. The monoisotopic (exact) mass is 304 g/mol. The van der Waals surface area contributed by atoms with Crippen LogP contribution in [0.5, 0.6) is 0 Å². The van der Waals surface area contributed by atoms with Gasteiger partial charge in [0.15, 0.2) is 17.0 Å². The zero-order valence-electron chi connectivity index (χ0n) is 12.6. The number of rotatable bonds is 4. The molecule has 0 unspecified atom stereocenters. The molecule has 0 bridgehead atoms. The van der Waals surface area contributed by atoms with E-state index < -0.39 is 0 Å². The van der Waals surface area contributed by atoms with Crippen LogP contribution in [0, 0.1) is 6.92 Å². The van der Waals surface area contributed by atoms with Crippen LogP contribution >= 0.6 is 0 Å². The van der Waals surface area contributed by atoms with E-state index in [9.17, 15) is 9.59 Å². The molecule has 3 heterocycles. The lowest BCUT2D eigenvalue weighted by Crippen LogP contribution is -2.37. The number of hydrogen-bond acceptors (Lipinski definition) is 6. The first-order valence-electron chi connectivity index (χ1n) is 6.89. The van der Waals surface area contributed by atoms with E-state index in [2.05, 4.69) is 15.1 Å². The lowest BCUT2D eigenvalue weighted by molar-refractivity contribution is 0.386. The molecule has 0 aliphatic rings. The smallest absolute Gasteiger partial charge is 0.332 e. The minimum Gasteiger partial charge on any atom is -0.340 e. The van der Waals surface area contributed by atoms with Gasteiger partial charge in [-0.15, -0.1) is 0 Å². The summed E-state index contributed by atoms with van der Waals surface area (Å²) in [7, 11) is 3.06. The molecule has 0 spiro atoms. The van der Waals surface area contributed by atoms with E-state index in [1.807, 2.05) is 0 Å². The van der Waals surface area contributed by atoms with Crippen LogP contribution in [0.25, 0.3) is 11.2 Å². The summed E-state index contributed by atoms with van der Waals surface area (Å²) in [6.07, 6.45) is 2.95. The fourth-order valence-corrected chi connectivity index (χ4v) is 2.42. The second kappa shape index (κ2) is 5.24. The Kier molecular flexibility index (Phi) is 3.39. The second-order valence-corrected chi connectivity index (χ2v) is 5.15. The fourth-order valence-electron chi connectivity index (χ4n) is 2.42. The van der Waals surface area contributed by atoms with E-state index in [0.717, 1.165) is 11.0 Å². The molecular formula is C13H16N6O3. The van der Waals surface area contributed by atoms with Crippen molar-refractivity contribution in [2.24, 2.45) is 14.1 Å². The zero-order valence-corrected chi connectivity index (χ0v) is 12.6. The summed E-state index contributed by atoms with van der Waals surface area (Å²) in [5.41, 5.74) is 0.0911. The van der Waals surface area contributed by atoms with Crippen LogP contribution < -0.4 is 11.2 Å². The van der Waals surface area contributed by atoms with Gasteiger partial charge < -0.3 is 9.09 Å². The van der Waals surface area contributed by atoms with E-state index >= 15 is 0 Å². The minimum absolute atomic E-state index is 0.342. The highest BCUT2D eigenvalue weighted by atomic mass is 16.5. The van der Waals surface area contributed by atoms with Crippen molar-refractivity contribution in [3.8, 4) is 0 Å². The van der Waals surface area contributed by atoms with Crippen molar-refractivity contribution in [1.82, 2.24) is 28.8 Å². The maximum absolute atomic E-state index is 12.3. The molecule has 3 rings (SSSR count). The largest absolute Gasteiger partial charge is 0.340 e. The third-order valence-electron chi connectivity index (χ3n) is 3.59. The molecule has 3 aromatic rings. The van der Waals surface area contributed by atoms with E-state index in [1.165, 1.54) is 11.6 Å². The summed E-state index contributed by atoms with van der Waals surface area (Å²) in [6, 6.07) is 0. The molecular weight excluding hydrogens is 288 g/mol. The summed E-state index contributed by atoms with van der Waals surface area (Å²) < 4.78 is 9.13. The van der Waals surface area contributed by atoms with E-state index in [-0.39, 0.29) is 11.2 Å². The van der Waals surface area contributed by atoms with Crippen molar-refractivity contribution in [2.75, 3.05) is 0 Å². The highest BCUT2D eigenvalue weighted by Crippen LogP contribution is 2.07. The van der Waals surface area contributed by atoms with Crippen molar-refractivity contribution >= 4 is 11.2 Å². The van der Waals surface area contributed by atoms with Crippen molar-refractivity contribution in [3.63, 3.8) is 0 Å². The Balaban J connectivity index is 1.89. The van der Waals surface area contributed by atoms with Crippen molar-refractivity contribution < 1.29 is 4.52 Å². The summed E-state index contributed by atoms with van der Waals surface area (Å²) in [5, 5.41) is 3.83. The molecule has 0 amide bonds. The Morgan fingerprint density at radius 3 is 2.68 bits per heavy atom. The molecule has 0 atom stereocenters. The van der Waals surface area contributed by atoms with Gasteiger partial charge in [-0.1, -0.05) is 5.16 Å². The molecule has 0 fully saturated rings. The molecule has 116 valence electrons. The second-order valence-electron chi connectivity index (χ2n) is 5.15. The van der Waals surface area contributed by atoms with Gasteiger partial charge in [0.05, 0.1) is 6.33 Å². The Morgan fingerprint density at radius 2 is 2.00 bits per heavy atom. The maximum atomic E-state index is 12.3. The highest BCUT2D eigenvalue weighted by molar-refractivity contribution is 5.69. The average molecular weight is 304 g/mol. The lowest BCUT2D eigenvalue weighted by Gasteiger charge is -2.05. The molecule has 0 saturated carbocycles. The molecule has 0 aromatic carbocycles. The van der Waals surface area contributed by atoms with Crippen LogP contribution in [0.4, 0.5) is 0 Å². The summed E-state index contributed by atoms with van der Waals surface area (Å²) in [6.45, 7) is 2.32. The van der Waals surface area contributed by atoms with Crippen molar-refractivity contribution in [2.45, 2.75) is 26.3 Å². The predicted molar refractivity (Wildman–Crippen MR) is 77.6 cm³/mol. The Hall–Kier alpha value is -2.71. The summed E-state index contributed by atoms with van der Waals surface area (Å²) in [4.78, 5) is 32.4. The third-order valence-corrected chi connectivity index (χ3v) is 3.59. The SMILES string of the molecule is Cc1nc(CCCn2cnc3c2c(=O)n(C)c(=O)n3C)no1. The first-order valence-corrected chi connectivity index (χ1v) is 6.89. The van der Waals surface area contributed by atoms with Crippen LogP contribution in [-0.4, -0.2) is 28.8 Å². The zero-order chi connectivity index (χ0) is 15.9. The Morgan fingerprint density at radius 1 is 1.23 bits per heavy atom. The summed E-state index contributed by atoms with van der Waals surface area (Å²) in [5.74, 6) is 1.18. The van der Waals surface area contributed by atoms with Gasteiger partial charge in [-0.05, 0) is 6.42 Å². The molecule has 22 heavy (non-hydrogen) atoms. The maximum Gasteiger partial charge on any atom is 0.332 e. The van der Waals surface area contributed by atoms with Crippen molar-refractivity contribution in [1.29, 1.82) is 0 Å². The van der Waals surface area contributed by atoms with Gasteiger partial charge in [0.25, 0.3) is 5.56 Å². The van der Waals surface area contributed by atoms with E-state index in [0.29, 0.717) is 35.8 Å². The number of fused-ring (bicyclic) bond motifs is 1. The molecule has 3 aromatic heterocycles. The van der Waals surface area contributed by atoms with Crippen molar-refractivity contribution in [3.05, 3.63) is 38.9 Å². The average Bonchev–Trinajstić information content (AvgIpc) is 3.10. The third kappa shape index (κ3) is 2.24. The number of nitrogens with zero attached hydrogens (tertiary/aromatic N) is 6. The Bertz CT molecular complexity index is 945. The highest BCUT2D eigenvalue weighted by Gasteiger charge is 2.14. The quantitative estimate of drug-likeness (QED) is 0.659. The normalized spacial score (nSPS) is 11.4. The van der Waals surface area contributed by atoms with Gasteiger partial charge in [0, 0.05) is 34.0 Å². The molecule has 0 saturated heterocycles.